The lowest BCUT2D eigenvalue weighted by Gasteiger charge is -2.24. The van der Waals surface area contributed by atoms with Crippen LogP contribution in [0.4, 0.5) is 0 Å². The second kappa shape index (κ2) is 14.8. The van der Waals surface area contributed by atoms with Crippen molar-refractivity contribution in [2.24, 2.45) is 0 Å². The number of rotatable bonds is 17. The third kappa shape index (κ3) is 7.84. The van der Waals surface area contributed by atoms with Crippen molar-refractivity contribution in [2.75, 3.05) is 60.3 Å². The van der Waals surface area contributed by atoms with Gasteiger partial charge in [-0.05, 0) is 18.6 Å². The highest BCUT2D eigenvalue weighted by atomic mass is 16.5. The van der Waals surface area contributed by atoms with Crippen molar-refractivity contribution in [3.05, 3.63) is 29.3 Å². The Kier molecular flexibility index (Phi) is 11.8. The van der Waals surface area contributed by atoms with E-state index in [4.69, 9.17) is 18.9 Å². The zero-order valence-corrected chi connectivity index (χ0v) is 19.9. The summed E-state index contributed by atoms with van der Waals surface area (Å²) in [5.74, 6) is -2.34. The number of benzene rings is 1. The van der Waals surface area contributed by atoms with Crippen LogP contribution in [0.15, 0.2) is 18.2 Å². The van der Waals surface area contributed by atoms with Crippen LogP contribution in [0.2, 0.25) is 0 Å². The van der Waals surface area contributed by atoms with E-state index >= 15 is 0 Å². The van der Waals surface area contributed by atoms with Crippen molar-refractivity contribution in [3.8, 4) is 5.75 Å². The molecule has 1 aromatic carbocycles. The molecule has 1 atom stereocenters. The topological polar surface area (TPSA) is 150 Å². The largest absolute Gasteiger partial charge is 0.483 e. The molecule has 192 valence electrons. The molecule has 0 bridgehead atoms. The Morgan fingerprint density at radius 2 is 1.77 bits per heavy atom. The summed E-state index contributed by atoms with van der Waals surface area (Å²) in [5.41, 5.74) is 0.0381. The average Bonchev–Trinajstić information content (AvgIpc) is 3.12. The number of aldehydes is 1. The van der Waals surface area contributed by atoms with E-state index in [1.807, 2.05) is 0 Å². The zero-order chi connectivity index (χ0) is 25.6. The molecule has 0 aliphatic carbocycles. The standard InChI is InChI=1S/C23H31N3O9/c1-24-21(29)17(6-4-9-27)26-22(30)16-5-3-7-18(20(16)23(26)31)35-15-19(28)25-8-10-33-13-14-34-12-11-32-2/h3,5,7,9,17H,4,6,8,10-15H2,1-2H3,(H,24,29)(H,25,28). The Labute approximate surface area is 203 Å². The first-order valence-electron chi connectivity index (χ1n) is 11.2. The maximum atomic E-state index is 13.1. The Bertz CT molecular complexity index is 906. The SMILES string of the molecule is CNC(=O)C(CCC=O)N1C(=O)c2cccc(OCC(=O)NCCOCCOCCOC)c2C1=O. The van der Waals surface area contributed by atoms with Gasteiger partial charge in [-0.2, -0.15) is 0 Å². The molecule has 1 heterocycles. The normalized spacial score (nSPS) is 13.4. The third-order valence-electron chi connectivity index (χ3n) is 5.06. The van der Waals surface area contributed by atoms with E-state index in [0.29, 0.717) is 32.7 Å². The van der Waals surface area contributed by atoms with Crippen molar-refractivity contribution >= 4 is 29.9 Å². The number of nitrogens with zero attached hydrogens (tertiary/aromatic N) is 1. The summed E-state index contributed by atoms with van der Waals surface area (Å²) < 4.78 is 21.0. The number of carbonyl (C=O) groups excluding carboxylic acids is 5. The fourth-order valence-corrected chi connectivity index (χ4v) is 3.37. The summed E-state index contributed by atoms with van der Waals surface area (Å²) in [5, 5.41) is 5.04. The molecular formula is C23H31N3O9. The average molecular weight is 494 g/mol. The Morgan fingerprint density at radius 1 is 1.06 bits per heavy atom. The molecule has 12 nitrogen and oxygen atoms in total. The highest BCUT2D eigenvalue weighted by molar-refractivity contribution is 6.24. The first-order chi connectivity index (χ1) is 17.0. The van der Waals surface area contributed by atoms with Crippen molar-refractivity contribution < 1.29 is 42.9 Å². The van der Waals surface area contributed by atoms with Crippen molar-refractivity contribution in [3.63, 3.8) is 0 Å². The number of hydrogen-bond acceptors (Lipinski definition) is 9. The van der Waals surface area contributed by atoms with E-state index in [1.54, 1.807) is 7.11 Å². The van der Waals surface area contributed by atoms with Crippen molar-refractivity contribution in [1.82, 2.24) is 15.5 Å². The van der Waals surface area contributed by atoms with Crippen LogP contribution in [0.5, 0.6) is 5.75 Å². The minimum atomic E-state index is -1.14. The molecule has 0 fully saturated rings. The van der Waals surface area contributed by atoms with Crippen LogP contribution in [0.3, 0.4) is 0 Å². The van der Waals surface area contributed by atoms with Gasteiger partial charge in [0, 0.05) is 27.1 Å². The Morgan fingerprint density at radius 3 is 2.46 bits per heavy atom. The van der Waals surface area contributed by atoms with Crippen LogP contribution >= 0.6 is 0 Å². The monoisotopic (exact) mass is 493 g/mol. The van der Waals surface area contributed by atoms with E-state index in [2.05, 4.69) is 10.6 Å². The molecule has 0 aromatic heterocycles. The summed E-state index contributed by atoms with van der Waals surface area (Å²) in [6.45, 7) is 1.93. The molecule has 4 amide bonds. The lowest BCUT2D eigenvalue weighted by atomic mass is 10.1. The lowest BCUT2D eigenvalue weighted by Crippen LogP contribution is -2.48. The van der Waals surface area contributed by atoms with Gasteiger partial charge in [0.25, 0.3) is 17.7 Å². The molecule has 0 radical (unpaired) electrons. The molecular weight excluding hydrogens is 462 g/mol. The van der Waals surface area contributed by atoms with E-state index in [-0.39, 0.29) is 49.5 Å². The van der Waals surface area contributed by atoms with Gasteiger partial charge < -0.3 is 34.4 Å². The predicted octanol–water partition coefficient (Wildman–Crippen LogP) is -0.449. The molecule has 1 aliphatic rings. The number of amides is 4. The molecule has 1 unspecified atom stereocenters. The van der Waals surface area contributed by atoms with Gasteiger partial charge in [-0.3, -0.25) is 24.1 Å². The van der Waals surface area contributed by atoms with Crippen LogP contribution in [0, 0.1) is 0 Å². The summed E-state index contributed by atoms with van der Waals surface area (Å²) >= 11 is 0. The second-order valence-corrected chi connectivity index (χ2v) is 7.39. The number of carbonyl (C=O) groups is 5. The number of ether oxygens (including phenoxy) is 4. The van der Waals surface area contributed by atoms with Crippen molar-refractivity contribution in [2.45, 2.75) is 18.9 Å². The minimum Gasteiger partial charge on any atom is -0.483 e. The van der Waals surface area contributed by atoms with Gasteiger partial charge in [-0.25, -0.2) is 0 Å². The quantitative estimate of drug-likeness (QED) is 0.167. The summed E-state index contributed by atoms with van der Waals surface area (Å²) in [6.07, 6.45) is 0.608. The van der Waals surface area contributed by atoms with Crippen LogP contribution in [-0.2, 0) is 28.6 Å². The molecule has 1 aliphatic heterocycles. The number of likely N-dealkylation sites (N-methyl/N-ethyl adjacent to an activating group) is 1. The smallest absolute Gasteiger partial charge is 0.266 e. The molecule has 2 N–H and O–H groups in total. The van der Waals surface area contributed by atoms with Crippen LogP contribution in [0.25, 0.3) is 0 Å². The summed E-state index contributed by atoms with van der Waals surface area (Å²) in [4.78, 5) is 62.0. The maximum Gasteiger partial charge on any atom is 0.266 e. The van der Waals surface area contributed by atoms with Crippen LogP contribution in [-0.4, -0.2) is 101 Å². The molecule has 0 saturated carbocycles. The highest BCUT2D eigenvalue weighted by Gasteiger charge is 2.44. The van der Waals surface area contributed by atoms with E-state index in [1.165, 1.54) is 25.2 Å². The van der Waals surface area contributed by atoms with Gasteiger partial charge in [-0.1, -0.05) is 6.07 Å². The first-order valence-corrected chi connectivity index (χ1v) is 11.2. The fraction of sp³-hybridized carbons (Fsp3) is 0.522. The van der Waals surface area contributed by atoms with Gasteiger partial charge in [0.05, 0.1) is 44.2 Å². The molecule has 35 heavy (non-hydrogen) atoms. The summed E-state index contributed by atoms with van der Waals surface area (Å²) in [6, 6.07) is 3.29. The van der Waals surface area contributed by atoms with Gasteiger partial charge in [0.15, 0.2) is 6.61 Å². The predicted molar refractivity (Wildman–Crippen MR) is 122 cm³/mol. The minimum absolute atomic E-state index is 0.000421. The van der Waals surface area contributed by atoms with Crippen LogP contribution < -0.4 is 15.4 Å². The van der Waals surface area contributed by atoms with Crippen LogP contribution in [0.1, 0.15) is 33.6 Å². The number of fused-ring (bicyclic) bond motifs is 1. The van der Waals surface area contributed by atoms with Gasteiger partial charge in [0.2, 0.25) is 5.91 Å². The Hall–Kier alpha value is -3.35. The molecule has 0 spiro atoms. The number of hydrogen-bond donors (Lipinski definition) is 2. The molecule has 1 aromatic rings. The lowest BCUT2D eigenvalue weighted by molar-refractivity contribution is -0.125. The molecule has 0 saturated heterocycles. The second-order valence-electron chi connectivity index (χ2n) is 7.39. The number of imide groups is 1. The van der Waals surface area contributed by atoms with Gasteiger partial charge >= 0.3 is 0 Å². The number of nitrogens with one attached hydrogen (secondary N) is 2. The zero-order valence-electron chi connectivity index (χ0n) is 19.9. The Balaban J connectivity index is 1.90. The first kappa shape index (κ1) is 27.9. The van der Waals surface area contributed by atoms with Crippen molar-refractivity contribution in [1.29, 1.82) is 0 Å². The third-order valence-corrected chi connectivity index (χ3v) is 5.06. The van der Waals surface area contributed by atoms with Gasteiger partial charge in [0.1, 0.15) is 18.1 Å². The van der Waals surface area contributed by atoms with E-state index in [9.17, 15) is 24.0 Å². The fourth-order valence-electron chi connectivity index (χ4n) is 3.37. The van der Waals surface area contributed by atoms with Gasteiger partial charge in [-0.15, -0.1) is 0 Å². The molecule has 2 rings (SSSR count). The highest BCUT2D eigenvalue weighted by Crippen LogP contribution is 2.33. The van der Waals surface area contributed by atoms with E-state index in [0.717, 1.165) is 4.90 Å². The maximum absolute atomic E-state index is 13.1. The molecule has 12 heteroatoms. The number of methoxy groups -OCH3 is 1. The van der Waals surface area contributed by atoms with E-state index < -0.39 is 29.7 Å². The summed E-state index contributed by atoms with van der Waals surface area (Å²) in [7, 11) is 2.97.